The Morgan fingerprint density at radius 2 is 2.00 bits per heavy atom. The molecule has 7 rings (SSSR count). The van der Waals surface area contributed by atoms with Crippen molar-refractivity contribution in [1.82, 2.24) is 15.8 Å². The maximum atomic E-state index is 13.5. The van der Waals surface area contributed by atoms with E-state index in [1.807, 2.05) is 31.7 Å². The van der Waals surface area contributed by atoms with E-state index in [0.717, 1.165) is 5.56 Å². The van der Waals surface area contributed by atoms with Crippen LogP contribution in [0.25, 0.3) is 11.0 Å². The van der Waals surface area contributed by atoms with Gasteiger partial charge in [0.25, 0.3) is 0 Å². The molecular weight excluding hydrogens is 480 g/mol. The maximum Gasteiger partial charge on any atom is 0.416 e. The number of aliphatic imine (C=N–C) groups is 1. The number of carbonyl (C=O) groups excluding carboxylic acids is 3. The van der Waals surface area contributed by atoms with Crippen molar-refractivity contribution in [3.05, 3.63) is 16.7 Å². The fraction of sp³-hybridized carbons (Fsp3) is 0.500. The second-order valence-electron chi connectivity index (χ2n) is 9.75. The predicted molar refractivity (Wildman–Crippen MR) is 123 cm³/mol. The number of hydrogen-bond acceptors (Lipinski definition) is 9. The maximum absolute atomic E-state index is 13.5. The Morgan fingerprint density at radius 3 is 2.71 bits per heavy atom. The highest BCUT2D eigenvalue weighted by atomic mass is 35.5. The van der Waals surface area contributed by atoms with Gasteiger partial charge in [-0.1, -0.05) is 16.8 Å². The molecule has 2 aromatic rings. The van der Waals surface area contributed by atoms with Crippen molar-refractivity contribution in [2.24, 2.45) is 10.4 Å². The summed E-state index contributed by atoms with van der Waals surface area (Å²) in [6, 6.07) is 1.01. The standard InChI is InChI=1S/C22H21ClN6O6/c1-8-7-33-20(32)29(8)16-12-4-11-5-21-17(24-19(31)25-18(21)30)26-22(21)10(3)34-9(2)6-28(22)14(11)13(23)15(12)35-27-16/h4,8-10H,5-7H2,1-3H3,(H2,24,25,26,30,31). The molecule has 3 saturated heterocycles. The van der Waals surface area contributed by atoms with Gasteiger partial charge in [-0.2, -0.15) is 0 Å². The van der Waals surface area contributed by atoms with Gasteiger partial charge in [0.05, 0.1) is 23.2 Å². The molecule has 2 N–H and O–H groups in total. The van der Waals surface area contributed by atoms with E-state index >= 15 is 0 Å². The van der Waals surface area contributed by atoms with Gasteiger partial charge in [-0.25, -0.2) is 14.6 Å². The minimum atomic E-state index is -1.18. The van der Waals surface area contributed by atoms with Gasteiger partial charge in [-0.15, -0.1) is 0 Å². The van der Waals surface area contributed by atoms with Gasteiger partial charge in [0.1, 0.15) is 23.6 Å². The summed E-state index contributed by atoms with van der Waals surface area (Å²) in [5.74, 6) is 0.178. The first-order valence-electron chi connectivity index (χ1n) is 11.4. The van der Waals surface area contributed by atoms with Crippen LogP contribution in [0, 0.1) is 5.41 Å². The van der Waals surface area contributed by atoms with Crippen LogP contribution in [0.15, 0.2) is 15.6 Å². The van der Waals surface area contributed by atoms with Crippen LogP contribution in [0.3, 0.4) is 0 Å². The number of urea groups is 1. The normalized spacial score (nSPS) is 35.3. The summed E-state index contributed by atoms with van der Waals surface area (Å²) in [7, 11) is 0. The number of fused-ring (bicyclic) bond motifs is 3. The van der Waals surface area contributed by atoms with E-state index in [1.54, 1.807) is 0 Å². The first-order valence-corrected chi connectivity index (χ1v) is 11.8. The van der Waals surface area contributed by atoms with Crippen molar-refractivity contribution < 1.29 is 28.4 Å². The third-order valence-corrected chi connectivity index (χ3v) is 8.14. The van der Waals surface area contributed by atoms with E-state index < -0.39 is 35.2 Å². The zero-order valence-corrected chi connectivity index (χ0v) is 19.8. The molecule has 5 atom stereocenters. The molecule has 12 nitrogen and oxygen atoms in total. The lowest BCUT2D eigenvalue weighted by Crippen LogP contribution is -2.86. The molecule has 5 unspecified atom stereocenters. The number of nitrogens with one attached hydrogen (secondary N) is 2. The number of hydrogen-bond donors (Lipinski definition) is 2. The summed E-state index contributed by atoms with van der Waals surface area (Å²) in [5.41, 5.74) is -0.508. The topological polar surface area (TPSA) is 139 Å². The number of carbonyl (C=O) groups is 3. The molecule has 5 aliphatic rings. The van der Waals surface area contributed by atoms with Crippen LogP contribution >= 0.6 is 11.6 Å². The molecule has 182 valence electrons. The Morgan fingerprint density at radius 1 is 1.20 bits per heavy atom. The number of rotatable bonds is 1. The summed E-state index contributed by atoms with van der Waals surface area (Å²) < 4.78 is 17.0. The highest BCUT2D eigenvalue weighted by Crippen LogP contribution is 2.61. The van der Waals surface area contributed by atoms with E-state index in [1.165, 1.54) is 4.90 Å². The molecule has 6 heterocycles. The van der Waals surface area contributed by atoms with Gasteiger partial charge in [0.15, 0.2) is 22.5 Å². The number of amidine groups is 1. The fourth-order valence-electron chi connectivity index (χ4n) is 6.39. The van der Waals surface area contributed by atoms with Gasteiger partial charge in [0, 0.05) is 13.0 Å². The lowest BCUT2D eigenvalue weighted by atomic mass is 9.58. The first-order chi connectivity index (χ1) is 16.7. The molecule has 0 aliphatic carbocycles. The zero-order valence-electron chi connectivity index (χ0n) is 19.0. The monoisotopic (exact) mass is 500 g/mol. The fourth-order valence-corrected chi connectivity index (χ4v) is 6.75. The molecule has 35 heavy (non-hydrogen) atoms. The Balaban J connectivity index is 1.48. The van der Waals surface area contributed by atoms with Crippen molar-refractivity contribution in [3.8, 4) is 0 Å². The summed E-state index contributed by atoms with van der Waals surface area (Å²) >= 11 is 6.96. The van der Waals surface area contributed by atoms with Gasteiger partial charge in [-0.05, 0) is 32.4 Å². The van der Waals surface area contributed by atoms with Gasteiger partial charge >= 0.3 is 12.1 Å². The zero-order chi connectivity index (χ0) is 24.4. The summed E-state index contributed by atoms with van der Waals surface area (Å²) in [5, 5.41) is 10.1. The van der Waals surface area contributed by atoms with E-state index in [2.05, 4.69) is 15.8 Å². The predicted octanol–water partition coefficient (Wildman–Crippen LogP) is 1.93. The molecule has 13 heteroatoms. The third-order valence-electron chi connectivity index (χ3n) is 7.79. The van der Waals surface area contributed by atoms with Crippen LogP contribution in [0.2, 0.25) is 5.02 Å². The summed E-state index contributed by atoms with van der Waals surface area (Å²) in [4.78, 5) is 46.2. The van der Waals surface area contributed by atoms with Crippen molar-refractivity contribution in [2.45, 2.75) is 51.1 Å². The quantitative estimate of drug-likeness (QED) is 0.605. The Labute approximate surface area is 203 Å². The Bertz CT molecular complexity index is 1410. The van der Waals surface area contributed by atoms with Crippen LogP contribution in [-0.4, -0.2) is 66.1 Å². The van der Waals surface area contributed by atoms with Crippen molar-refractivity contribution in [3.63, 3.8) is 0 Å². The van der Waals surface area contributed by atoms with E-state index in [9.17, 15) is 14.4 Å². The van der Waals surface area contributed by atoms with Crippen LogP contribution in [0.1, 0.15) is 26.3 Å². The second-order valence-corrected chi connectivity index (χ2v) is 10.1. The van der Waals surface area contributed by atoms with Crippen LogP contribution in [0.4, 0.5) is 21.1 Å². The number of cyclic esters (lactones) is 1. The molecule has 5 aliphatic heterocycles. The molecule has 1 aromatic carbocycles. The summed E-state index contributed by atoms with van der Waals surface area (Å²) in [6.45, 7) is 6.31. The number of ether oxygens (including phenoxy) is 2. The largest absolute Gasteiger partial charge is 0.447 e. The molecule has 0 saturated carbocycles. The number of anilines is 2. The van der Waals surface area contributed by atoms with Gasteiger partial charge in [-0.3, -0.25) is 20.3 Å². The third kappa shape index (κ3) is 2.25. The van der Waals surface area contributed by atoms with Crippen LogP contribution in [-0.2, 0) is 20.7 Å². The molecule has 0 radical (unpaired) electrons. The minimum absolute atomic E-state index is 0.170. The molecule has 2 spiro atoms. The number of aromatic nitrogens is 1. The number of benzene rings is 1. The highest BCUT2D eigenvalue weighted by Gasteiger charge is 2.77. The number of amides is 4. The minimum Gasteiger partial charge on any atom is -0.447 e. The lowest BCUT2D eigenvalue weighted by Gasteiger charge is -2.67. The SMILES string of the molecule is CC1CN2c3c(cc4c(N5C(=O)OCC5C)noc4c3Cl)CC34C(=O)NC(=O)NC3=NC24C(C)O1. The number of halogens is 1. The molecule has 3 fully saturated rings. The molecule has 4 amide bonds. The van der Waals surface area contributed by atoms with E-state index in [4.69, 9.17) is 30.6 Å². The Hall–Kier alpha value is -3.38. The molecular formula is C22H21ClN6O6. The van der Waals surface area contributed by atoms with Crippen LogP contribution in [0.5, 0.6) is 0 Å². The average molecular weight is 501 g/mol. The highest BCUT2D eigenvalue weighted by molar-refractivity contribution is 6.38. The summed E-state index contributed by atoms with van der Waals surface area (Å²) in [6.07, 6.45) is -0.943. The van der Waals surface area contributed by atoms with Crippen molar-refractivity contribution >= 4 is 57.9 Å². The van der Waals surface area contributed by atoms with E-state index in [-0.39, 0.29) is 25.2 Å². The average Bonchev–Trinajstić information content (AvgIpc) is 3.33. The molecule has 1 aromatic heterocycles. The lowest BCUT2D eigenvalue weighted by molar-refractivity contribution is -0.147. The molecule has 0 bridgehead atoms. The van der Waals surface area contributed by atoms with Gasteiger partial charge in [0.2, 0.25) is 5.91 Å². The van der Waals surface area contributed by atoms with Gasteiger partial charge < -0.3 is 18.9 Å². The number of morpholine rings is 1. The van der Waals surface area contributed by atoms with Crippen LogP contribution < -0.4 is 20.4 Å². The van der Waals surface area contributed by atoms with E-state index in [0.29, 0.717) is 39.9 Å². The smallest absolute Gasteiger partial charge is 0.416 e. The first kappa shape index (κ1) is 20.9. The Kier molecular flexibility index (Phi) is 3.85. The number of imide groups is 1. The second kappa shape index (κ2) is 6.43. The van der Waals surface area contributed by atoms with Crippen molar-refractivity contribution in [2.75, 3.05) is 23.0 Å². The van der Waals surface area contributed by atoms with Crippen molar-refractivity contribution in [1.29, 1.82) is 0 Å². The number of nitrogens with zero attached hydrogens (tertiary/aromatic N) is 4.